The third kappa shape index (κ3) is 8.26. The maximum Gasteiger partial charge on any atom is 0.0561 e. The Morgan fingerprint density at radius 2 is 1.92 bits per heavy atom. The minimum Gasteiger partial charge on any atom is -0.378 e. The fourth-order valence-corrected chi connectivity index (χ4v) is 1.32. The van der Waals surface area contributed by atoms with Crippen LogP contribution in [0.3, 0.4) is 0 Å². The Bertz CT molecular complexity index is 106. The molecule has 0 aromatic carbocycles. The molecule has 0 saturated heterocycles. The number of rotatable bonds is 8. The fourth-order valence-electron chi connectivity index (χ4n) is 1.32. The van der Waals surface area contributed by atoms with Crippen LogP contribution >= 0.6 is 0 Å². The predicted octanol–water partition coefficient (Wildman–Crippen LogP) is 2.58. The SMILES string of the molecule is CCCCCOC(C)CC(C)NC. The normalized spacial score (nSPS) is 15.7. The van der Waals surface area contributed by atoms with Gasteiger partial charge in [-0.15, -0.1) is 0 Å². The van der Waals surface area contributed by atoms with Gasteiger partial charge in [-0.2, -0.15) is 0 Å². The number of unbranched alkanes of at least 4 members (excludes halogenated alkanes) is 2. The molecule has 0 bridgehead atoms. The Balaban J connectivity index is 3.24. The van der Waals surface area contributed by atoms with Gasteiger partial charge in [0, 0.05) is 12.6 Å². The van der Waals surface area contributed by atoms with Gasteiger partial charge in [-0.1, -0.05) is 19.8 Å². The van der Waals surface area contributed by atoms with Gasteiger partial charge < -0.3 is 10.1 Å². The fraction of sp³-hybridized carbons (Fsp3) is 1.00. The van der Waals surface area contributed by atoms with E-state index in [0.717, 1.165) is 13.0 Å². The molecular formula is C11H25NO. The van der Waals surface area contributed by atoms with E-state index in [0.29, 0.717) is 12.1 Å². The van der Waals surface area contributed by atoms with Crippen LogP contribution in [0.15, 0.2) is 0 Å². The molecular weight excluding hydrogens is 162 g/mol. The molecule has 0 aliphatic rings. The van der Waals surface area contributed by atoms with Gasteiger partial charge in [-0.3, -0.25) is 0 Å². The zero-order chi connectivity index (χ0) is 10.1. The van der Waals surface area contributed by atoms with Crippen molar-refractivity contribution < 1.29 is 4.74 Å². The van der Waals surface area contributed by atoms with Crippen LogP contribution in [0.25, 0.3) is 0 Å². The van der Waals surface area contributed by atoms with Gasteiger partial charge in [0.2, 0.25) is 0 Å². The van der Waals surface area contributed by atoms with Crippen LogP contribution in [-0.4, -0.2) is 25.8 Å². The number of hydrogen-bond acceptors (Lipinski definition) is 2. The van der Waals surface area contributed by atoms with Gasteiger partial charge in [0.25, 0.3) is 0 Å². The second-order valence-electron chi connectivity index (χ2n) is 3.81. The highest BCUT2D eigenvalue weighted by molar-refractivity contribution is 4.62. The average Bonchev–Trinajstić information content (AvgIpc) is 2.12. The molecule has 0 spiro atoms. The second kappa shape index (κ2) is 8.52. The van der Waals surface area contributed by atoms with Crippen LogP contribution < -0.4 is 5.32 Å². The molecule has 0 aromatic rings. The van der Waals surface area contributed by atoms with E-state index in [2.05, 4.69) is 26.1 Å². The smallest absolute Gasteiger partial charge is 0.0561 e. The molecule has 2 heteroatoms. The highest BCUT2D eigenvalue weighted by Gasteiger charge is 2.06. The van der Waals surface area contributed by atoms with Gasteiger partial charge >= 0.3 is 0 Å². The maximum absolute atomic E-state index is 5.68. The summed E-state index contributed by atoms with van der Waals surface area (Å²) in [6, 6.07) is 0.557. The van der Waals surface area contributed by atoms with E-state index in [1.807, 2.05) is 7.05 Å². The summed E-state index contributed by atoms with van der Waals surface area (Å²) in [4.78, 5) is 0. The first-order valence-corrected chi connectivity index (χ1v) is 5.49. The summed E-state index contributed by atoms with van der Waals surface area (Å²) in [6.07, 6.45) is 5.25. The van der Waals surface area contributed by atoms with Crippen molar-refractivity contribution in [3.63, 3.8) is 0 Å². The standard InChI is InChI=1S/C11H25NO/c1-5-6-7-8-13-11(3)9-10(2)12-4/h10-12H,5-9H2,1-4H3. The minimum atomic E-state index is 0.388. The molecule has 0 amide bonds. The lowest BCUT2D eigenvalue weighted by atomic mass is 10.1. The molecule has 0 aromatic heterocycles. The molecule has 1 N–H and O–H groups in total. The van der Waals surface area contributed by atoms with Crippen molar-refractivity contribution >= 4 is 0 Å². The zero-order valence-corrected chi connectivity index (χ0v) is 9.60. The lowest BCUT2D eigenvalue weighted by Crippen LogP contribution is -2.26. The van der Waals surface area contributed by atoms with Crippen LogP contribution in [-0.2, 0) is 4.74 Å². The minimum absolute atomic E-state index is 0.388. The van der Waals surface area contributed by atoms with Crippen LogP contribution in [0.1, 0.15) is 46.5 Å². The summed E-state index contributed by atoms with van der Waals surface area (Å²) in [5, 5.41) is 3.22. The largest absolute Gasteiger partial charge is 0.378 e. The summed E-state index contributed by atoms with van der Waals surface area (Å²) >= 11 is 0. The van der Waals surface area contributed by atoms with Gasteiger partial charge in [-0.05, 0) is 33.7 Å². The van der Waals surface area contributed by atoms with Gasteiger partial charge in [-0.25, -0.2) is 0 Å². The summed E-state index contributed by atoms with van der Waals surface area (Å²) in [7, 11) is 1.99. The Morgan fingerprint density at radius 3 is 2.46 bits per heavy atom. The number of nitrogens with one attached hydrogen (secondary N) is 1. The summed E-state index contributed by atoms with van der Waals surface area (Å²) in [5.41, 5.74) is 0. The molecule has 0 saturated carbocycles. The van der Waals surface area contributed by atoms with Crippen molar-refractivity contribution in [2.75, 3.05) is 13.7 Å². The first kappa shape index (κ1) is 12.9. The molecule has 0 aliphatic carbocycles. The summed E-state index contributed by atoms with van der Waals surface area (Å²) in [6.45, 7) is 7.48. The molecule has 13 heavy (non-hydrogen) atoms. The highest BCUT2D eigenvalue weighted by Crippen LogP contribution is 2.03. The maximum atomic E-state index is 5.68. The first-order valence-electron chi connectivity index (χ1n) is 5.49. The zero-order valence-electron chi connectivity index (χ0n) is 9.60. The highest BCUT2D eigenvalue weighted by atomic mass is 16.5. The van der Waals surface area contributed by atoms with E-state index in [1.54, 1.807) is 0 Å². The van der Waals surface area contributed by atoms with E-state index < -0.39 is 0 Å². The topological polar surface area (TPSA) is 21.3 Å². The molecule has 0 rings (SSSR count). The quantitative estimate of drug-likeness (QED) is 0.590. The molecule has 0 radical (unpaired) electrons. The Labute approximate surface area is 83.1 Å². The van der Waals surface area contributed by atoms with E-state index in [9.17, 15) is 0 Å². The lowest BCUT2D eigenvalue weighted by Gasteiger charge is -2.17. The van der Waals surface area contributed by atoms with Gasteiger partial charge in [0.05, 0.1) is 6.10 Å². The van der Waals surface area contributed by atoms with Crippen molar-refractivity contribution in [2.45, 2.75) is 58.6 Å². The average molecular weight is 187 g/mol. The molecule has 0 heterocycles. The molecule has 80 valence electrons. The monoisotopic (exact) mass is 187 g/mol. The molecule has 2 atom stereocenters. The van der Waals surface area contributed by atoms with E-state index in [-0.39, 0.29) is 0 Å². The molecule has 2 nitrogen and oxygen atoms in total. The lowest BCUT2D eigenvalue weighted by molar-refractivity contribution is 0.0523. The first-order chi connectivity index (χ1) is 6.20. The van der Waals surface area contributed by atoms with Crippen LogP contribution in [0, 0.1) is 0 Å². The van der Waals surface area contributed by atoms with E-state index in [1.165, 1.54) is 19.3 Å². The Kier molecular flexibility index (Phi) is 8.46. The van der Waals surface area contributed by atoms with Gasteiger partial charge in [0.1, 0.15) is 0 Å². The molecule has 0 aliphatic heterocycles. The Morgan fingerprint density at radius 1 is 1.23 bits per heavy atom. The predicted molar refractivity (Wildman–Crippen MR) is 58.1 cm³/mol. The van der Waals surface area contributed by atoms with Crippen LogP contribution in [0.2, 0.25) is 0 Å². The second-order valence-corrected chi connectivity index (χ2v) is 3.81. The third-order valence-electron chi connectivity index (χ3n) is 2.33. The van der Waals surface area contributed by atoms with E-state index >= 15 is 0 Å². The molecule has 2 unspecified atom stereocenters. The van der Waals surface area contributed by atoms with Crippen molar-refractivity contribution in [3.05, 3.63) is 0 Å². The molecule has 0 fully saturated rings. The Hall–Kier alpha value is -0.0800. The van der Waals surface area contributed by atoms with Crippen molar-refractivity contribution in [3.8, 4) is 0 Å². The summed E-state index contributed by atoms with van der Waals surface area (Å²) < 4.78 is 5.68. The van der Waals surface area contributed by atoms with Crippen molar-refractivity contribution in [1.82, 2.24) is 5.32 Å². The number of hydrogen-bond donors (Lipinski definition) is 1. The van der Waals surface area contributed by atoms with Crippen LogP contribution in [0.4, 0.5) is 0 Å². The van der Waals surface area contributed by atoms with Gasteiger partial charge in [0.15, 0.2) is 0 Å². The van der Waals surface area contributed by atoms with Crippen molar-refractivity contribution in [1.29, 1.82) is 0 Å². The van der Waals surface area contributed by atoms with Crippen molar-refractivity contribution in [2.24, 2.45) is 0 Å². The van der Waals surface area contributed by atoms with Crippen LogP contribution in [0.5, 0.6) is 0 Å². The third-order valence-corrected chi connectivity index (χ3v) is 2.33. The number of ether oxygens (including phenoxy) is 1. The van der Waals surface area contributed by atoms with E-state index in [4.69, 9.17) is 4.74 Å². The summed E-state index contributed by atoms with van der Waals surface area (Å²) in [5.74, 6) is 0.